The molecule has 0 spiro atoms. The van der Waals surface area contributed by atoms with E-state index in [1.807, 2.05) is 0 Å². The highest BCUT2D eigenvalue weighted by Crippen LogP contribution is 2.18. The smallest absolute Gasteiger partial charge is 0.349 e. The summed E-state index contributed by atoms with van der Waals surface area (Å²) in [6, 6.07) is 9.73. The molecule has 3 aromatic rings. The molecule has 2 aromatic heterocycles. The van der Waals surface area contributed by atoms with Gasteiger partial charge in [-0.15, -0.1) is 0 Å². The first-order chi connectivity index (χ1) is 10.1. The second-order valence-corrected chi connectivity index (χ2v) is 4.83. The van der Waals surface area contributed by atoms with Crippen molar-refractivity contribution in [2.24, 2.45) is 0 Å². The second-order valence-electron chi connectivity index (χ2n) is 4.39. The topological polar surface area (TPSA) is 72.5 Å². The number of hydrogen-bond donors (Lipinski definition) is 1. The lowest BCUT2D eigenvalue weighted by Crippen LogP contribution is -2.27. The van der Waals surface area contributed by atoms with Crippen molar-refractivity contribution < 1.29 is 13.6 Å². The molecule has 0 unspecified atom stereocenters. The van der Waals surface area contributed by atoms with E-state index in [1.165, 1.54) is 12.3 Å². The molecule has 0 aliphatic heterocycles. The third-order valence-corrected chi connectivity index (χ3v) is 3.18. The Kier molecular flexibility index (Phi) is 3.50. The van der Waals surface area contributed by atoms with Gasteiger partial charge < -0.3 is 14.2 Å². The second kappa shape index (κ2) is 5.46. The molecule has 0 saturated heterocycles. The molecule has 0 bridgehead atoms. The molecule has 0 saturated carbocycles. The van der Waals surface area contributed by atoms with Gasteiger partial charge in [-0.3, -0.25) is 4.79 Å². The third-order valence-electron chi connectivity index (χ3n) is 2.94. The summed E-state index contributed by atoms with van der Waals surface area (Å²) in [6.45, 7) is 0.193. The Balaban J connectivity index is 1.90. The minimum Gasteiger partial charge on any atom is -0.467 e. The van der Waals surface area contributed by atoms with Crippen LogP contribution in [0.25, 0.3) is 11.0 Å². The average molecular weight is 304 g/mol. The van der Waals surface area contributed by atoms with Crippen molar-refractivity contribution in [3.05, 3.63) is 69.4 Å². The van der Waals surface area contributed by atoms with Gasteiger partial charge in [0.15, 0.2) is 0 Å². The van der Waals surface area contributed by atoms with E-state index < -0.39 is 11.5 Å². The van der Waals surface area contributed by atoms with Crippen molar-refractivity contribution in [1.29, 1.82) is 0 Å². The van der Waals surface area contributed by atoms with E-state index in [0.717, 1.165) is 0 Å². The largest absolute Gasteiger partial charge is 0.467 e. The van der Waals surface area contributed by atoms with Crippen LogP contribution in [0.1, 0.15) is 16.1 Å². The zero-order valence-corrected chi connectivity index (χ0v) is 11.5. The zero-order chi connectivity index (χ0) is 14.8. The van der Waals surface area contributed by atoms with Crippen LogP contribution in [0.3, 0.4) is 0 Å². The van der Waals surface area contributed by atoms with Crippen molar-refractivity contribution in [1.82, 2.24) is 5.32 Å². The van der Waals surface area contributed by atoms with Gasteiger partial charge in [0, 0.05) is 10.4 Å². The molecule has 21 heavy (non-hydrogen) atoms. The van der Waals surface area contributed by atoms with Gasteiger partial charge in [-0.05, 0) is 36.4 Å². The number of hydrogen-bond acceptors (Lipinski definition) is 4. The number of halogens is 1. The maximum absolute atomic E-state index is 12.0. The Bertz CT molecular complexity index is 852. The van der Waals surface area contributed by atoms with Crippen LogP contribution in [0, 0.1) is 0 Å². The summed E-state index contributed by atoms with van der Waals surface area (Å²) in [7, 11) is 0. The fraction of sp³-hybridized carbons (Fsp3) is 0.0667. The molecule has 0 aliphatic carbocycles. The zero-order valence-electron chi connectivity index (χ0n) is 10.8. The number of fused-ring (bicyclic) bond motifs is 1. The molecule has 1 aromatic carbocycles. The fourth-order valence-corrected chi connectivity index (χ4v) is 2.11. The molecule has 5 nitrogen and oxygen atoms in total. The standard InChI is InChI=1S/C15H10ClNO4/c16-10-3-4-13-9(6-10)7-12(15(19)21-13)14(18)17-8-11-2-1-5-20-11/h1-7H,8H2,(H,17,18). The molecular formula is C15H10ClNO4. The van der Waals surface area contributed by atoms with Crippen molar-refractivity contribution in [3.8, 4) is 0 Å². The van der Waals surface area contributed by atoms with Gasteiger partial charge in [0.2, 0.25) is 0 Å². The maximum atomic E-state index is 12.0. The molecule has 0 radical (unpaired) electrons. The molecular weight excluding hydrogens is 294 g/mol. The highest BCUT2D eigenvalue weighted by molar-refractivity contribution is 6.31. The molecule has 0 fully saturated rings. The number of amides is 1. The number of nitrogens with one attached hydrogen (secondary N) is 1. The monoisotopic (exact) mass is 303 g/mol. The van der Waals surface area contributed by atoms with Crippen molar-refractivity contribution in [3.63, 3.8) is 0 Å². The Morgan fingerprint density at radius 1 is 1.24 bits per heavy atom. The molecule has 1 amide bonds. The van der Waals surface area contributed by atoms with Gasteiger partial charge in [0.05, 0.1) is 12.8 Å². The predicted octanol–water partition coefficient (Wildman–Crippen LogP) is 2.97. The van der Waals surface area contributed by atoms with E-state index in [1.54, 1.807) is 30.3 Å². The molecule has 1 N–H and O–H groups in total. The minimum absolute atomic E-state index is 0.0728. The molecule has 0 aliphatic rings. The van der Waals surface area contributed by atoms with Crippen LogP contribution < -0.4 is 10.9 Å². The number of rotatable bonds is 3. The normalized spacial score (nSPS) is 10.7. The van der Waals surface area contributed by atoms with Gasteiger partial charge in [-0.1, -0.05) is 11.6 Å². The Hall–Kier alpha value is -2.53. The van der Waals surface area contributed by atoms with E-state index >= 15 is 0 Å². The van der Waals surface area contributed by atoms with Gasteiger partial charge >= 0.3 is 5.63 Å². The summed E-state index contributed by atoms with van der Waals surface area (Å²) in [5, 5.41) is 3.68. The lowest BCUT2D eigenvalue weighted by Gasteiger charge is -2.04. The number of benzene rings is 1. The van der Waals surface area contributed by atoms with E-state index in [9.17, 15) is 9.59 Å². The first-order valence-corrected chi connectivity index (χ1v) is 6.55. The SMILES string of the molecule is O=C(NCc1ccco1)c1cc2cc(Cl)ccc2oc1=O. The molecule has 6 heteroatoms. The summed E-state index contributed by atoms with van der Waals surface area (Å²) in [4.78, 5) is 23.9. The van der Waals surface area contributed by atoms with E-state index in [0.29, 0.717) is 21.8 Å². The van der Waals surface area contributed by atoms with Gasteiger partial charge in [-0.2, -0.15) is 0 Å². The number of carbonyl (C=O) groups excluding carboxylic acids is 1. The van der Waals surface area contributed by atoms with Crippen molar-refractivity contribution >= 4 is 28.5 Å². The van der Waals surface area contributed by atoms with Crippen LogP contribution in [0.4, 0.5) is 0 Å². The number of furan rings is 1. The summed E-state index contributed by atoms with van der Waals surface area (Å²) < 4.78 is 10.2. The van der Waals surface area contributed by atoms with E-state index in [2.05, 4.69) is 5.32 Å². The number of carbonyl (C=O) groups is 1. The maximum Gasteiger partial charge on any atom is 0.349 e. The van der Waals surface area contributed by atoms with E-state index in [-0.39, 0.29) is 12.1 Å². The predicted molar refractivity (Wildman–Crippen MR) is 77.4 cm³/mol. The molecule has 2 heterocycles. The van der Waals surface area contributed by atoms with Crippen LogP contribution >= 0.6 is 11.6 Å². The fourth-order valence-electron chi connectivity index (χ4n) is 1.93. The highest BCUT2D eigenvalue weighted by Gasteiger charge is 2.14. The van der Waals surface area contributed by atoms with Crippen LogP contribution in [0.2, 0.25) is 5.02 Å². The van der Waals surface area contributed by atoms with Crippen molar-refractivity contribution in [2.75, 3.05) is 0 Å². The first kappa shape index (κ1) is 13.5. The molecule has 0 atom stereocenters. The Morgan fingerprint density at radius 3 is 2.86 bits per heavy atom. The van der Waals surface area contributed by atoms with Crippen LogP contribution in [0.5, 0.6) is 0 Å². The van der Waals surface area contributed by atoms with Gasteiger partial charge in [0.1, 0.15) is 16.9 Å². The van der Waals surface area contributed by atoms with Crippen LogP contribution in [-0.4, -0.2) is 5.91 Å². The summed E-state index contributed by atoms with van der Waals surface area (Å²) in [5.74, 6) is 0.0681. The Morgan fingerprint density at radius 2 is 2.10 bits per heavy atom. The van der Waals surface area contributed by atoms with E-state index in [4.69, 9.17) is 20.4 Å². The lowest BCUT2D eigenvalue weighted by molar-refractivity contribution is 0.0944. The van der Waals surface area contributed by atoms with Gasteiger partial charge in [0.25, 0.3) is 5.91 Å². The van der Waals surface area contributed by atoms with Crippen LogP contribution in [-0.2, 0) is 6.54 Å². The first-order valence-electron chi connectivity index (χ1n) is 6.17. The molecule has 106 valence electrons. The van der Waals surface area contributed by atoms with Crippen LogP contribution in [0.15, 0.2) is 56.3 Å². The average Bonchev–Trinajstić information content (AvgIpc) is 2.98. The minimum atomic E-state index is -0.693. The highest BCUT2D eigenvalue weighted by atomic mass is 35.5. The Labute approximate surface area is 124 Å². The summed E-state index contributed by atoms with van der Waals surface area (Å²) in [6.07, 6.45) is 1.51. The quantitative estimate of drug-likeness (QED) is 0.755. The lowest BCUT2D eigenvalue weighted by atomic mass is 10.2. The van der Waals surface area contributed by atoms with Crippen molar-refractivity contribution in [2.45, 2.75) is 6.54 Å². The summed E-state index contributed by atoms with van der Waals surface area (Å²) >= 11 is 5.89. The summed E-state index contributed by atoms with van der Waals surface area (Å²) in [5.41, 5.74) is -0.384. The third kappa shape index (κ3) is 2.83. The van der Waals surface area contributed by atoms with Gasteiger partial charge in [-0.25, -0.2) is 4.79 Å². The molecule has 3 rings (SSSR count).